The van der Waals surface area contributed by atoms with Crippen molar-refractivity contribution >= 4 is 11.4 Å². The maximum absolute atomic E-state index is 10.3. The number of rotatable bonds is 1. The maximum atomic E-state index is 10.3. The van der Waals surface area contributed by atoms with Gasteiger partial charge in [-0.3, -0.25) is 10.1 Å². The van der Waals surface area contributed by atoms with Crippen molar-refractivity contribution in [1.82, 2.24) is 0 Å². The number of anilines is 1. The first-order chi connectivity index (χ1) is 7.11. The monoisotopic (exact) mass is 212 g/mol. The standard InChI is InChI=1S/C7H8N2O2.2C2H6/c1-5-4-6(8)2-3-7(5)9(10)11;2*1-2/h2-4H,8H2,1H3;2*1-2H3. The van der Waals surface area contributed by atoms with Gasteiger partial charge < -0.3 is 5.73 Å². The second-order valence-corrected chi connectivity index (χ2v) is 2.30. The van der Waals surface area contributed by atoms with E-state index < -0.39 is 4.92 Å². The average molecular weight is 212 g/mol. The van der Waals surface area contributed by atoms with Crippen LogP contribution in [0.15, 0.2) is 18.2 Å². The molecule has 86 valence electrons. The van der Waals surface area contributed by atoms with Gasteiger partial charge in [-0.2, -0.15) is 0 Å². The molecule has 0 amide bonds. The van der Waals surface area contributed by atoms with Crippen LogP contribution >= 0.6 is 0 Å². The molecular weight excluding hydrogens is 192 g/mol. The Morgan fingerprint density at radius 1 is 1.20 bits per heavy atom. The zero-order valence-corrected chi connectivity index (χ0v) is 10.1. The van der Waals surface area contributed by atoms with Crippen LogP contribution in [0.25, 0.3) is 0 Å². The number of nitrogen functional groups attached to an aromatic ring is 1. The van der Waals surface area contributed by atoms with Crippen molar-refractivity contribution in [3.8, 4) is 0 Å². The first-order valence-corrected chi connectivity index (χ1v) is 5.12. The summed E-state index contributed by atoms with van der Waals surface area (Å²) in [6.07, 6.45) is 0. The van der Waals surface area contributed by atoms with Gasteiger partial charge in [-0.15, -0.1) is 0 Å². The van der Waals surface area contributed by atoms with Crippen LogP contribution in [0.2, 0.25) is 0 Å². The van der Waals surface area contributed by atoms with Gasteiger partial charge in [-0.25, -0.2) is 0 Å². The minimum Gasteiger partial charge on any atom is -0.399 e. The largest absolute Gasteiger partial charge is 0.399 e. The van der Waals surface area contributed by atoms with Crippen molar-refractivity contribution in [1.29, 1.82) is 0 Å². The molecule has 0 atom stereocenters. The molecule has 0 unspecified atom stereocenters. The van der Waals surface area contributed by atoms with Gasteiger partial charge >= 0.3 is 0 Å². The van der Waals surface area contributed by atoms with Crippen LogP contribution in [0.5, 0.6) is 0 Å². The van der Waals surface area contributed by atoms with Crippen molar-refractivity contribution in [3.05, 3.63) is 33.9 Å². The molecule has 0 heterocycles. The lowest BCUT2D eigenvalue weighted by atomic mass is 10.2. The first kappa shape index (κ1) is 15.9. The number of aryl methyl sites for hydroxylation is 1. The molecule has 0 spiro atoms. The summed E-state index contributed by atoms with van der Waals surface area (Å²) in [6.45, 7) is 9.66. The van der Waals surface area contributed by atoms with Crippen LogP contribution in [0.4, 0.5) is 11.4 Å². The Balaban J connectivity index is 0. The minimum atomic E-state index is -0.422. The normalized spacial score (nSPS) is 7.80. The Morgan fingerprint density at radius 3 is 2.00 bits per heavy atom. The van der Waals surface area contributed by atoms with E-state index >= 15 is 0 Å². The lowest BCUT2D eigenvalue weighted by Crippen LogP contribution is -1.93. The quantitative estimate of drug-likeness (QED) is 0.439. The molecule has 1 aromatic carbocycles. The van der Waals surface area contributed by atoms with Crippen LogP contribution in [-0.2, 0) is 0 Å². The van der Waals surface area contributed by atoms with Crippen molar-refractivity contribution < 1.29 is 4.92 Å². The van der Waals surface area contributed by atoms with Gasteiger partial charge in [0.05, 0.1) is 4.92 Å². The van der Waals surface area contributed by atoms with Crippen LogP contribution in [0, 0.1) is 17.0 Å². The van der Waals surface area contributed by atoms with Crippen LogP contribution < -0.4 is 5.73 Å². The van der Waals surface area contributed by atoms with E-state index in [1.807, 2.05) is 27.7 Å². The molecule has 1 rings (SSSR count). The van der Waals surface area contributed by atoms with Gasteiger partial charge in [-0.05, 0) is 19.1 Å². The van der Waals surface area contributed by atoms with Gasteiger partial charge in [0.15, 0.2) is 0 Å². The number of hydrogen-bond acceptors (Lipinski definition) is 3. The van der Waals surface area contributed by atoms with E-state index in [1.54, 1.807) is 13.0 Å². The lowest BCUT2D eigenvalue weighted by molar-refractivity contribution is -0.385. The molecule has 4 nitrogen and oxygen atoms in total. The van der Waals surface area contributed by atoms with E-state index in [9.17, 15) is 10.1 Å². The number of hydrogen-bond donors (Lipinski definition) is 1. The first-order valence-electron chi connectivity index (χ1n) is 5.12. The van der Waals surface area contributed by atoms with Crippen LogP contribution in [0.1, 0.15) is 33.3 Å². The predicted molar refractivity (Wildman–Crippen MR) is 64.9 cm³/mol. The molecule has 0 aliphatic heterocycles. The molecule has 0 aliphatic rings. The molecule has 4 heteroatoms. The fourth-order valence-corrected chi connectivity index (χ4v) is 0.884. The van der Waals surface area contributed by atoms with Crippen molar-refractivity contribution in [2.75, 3.05) is 5.73 Å². The third-order valence-electron chi connectivity index (χ3n) is 1.42. The molecular formula is C11H20N2O2. The molecule has 0 saturated heterocycles. The van der Waals surface area contributed by atoms with Crippen molar-refractivity contribution in [2.45, 2.75) is 34.6 Å². The second kappa shape index (κ2) is 8.99. The molecule has 0 aliphatic carbocycles. The third kappa shape index (κ3) is 5.67. The Morgan fingerprint density at radius 2 is 1.67 bits per heavy atom. The van der Waals surface area contributed by atoms with E-state index in [0.29, 0.717) is 11.3 Å². The topological polar surface area (TPSA) is 69.2 Å². The van der Waals surface area contributed by atoms with E-state index in [-0.39, 0.29) is 5.69 Å². The number of benzene rings is 1. The minimum absolute atomic E-state index is 0.110. The van der Waals surface area contributed by atoms with Gasteiger partial charge in [0, 0.05) is 17.3 Å². The summed E-state index contributed by atoms with van der Waals surface area (Å²) in [6, 6.07) is 4.51. The fraction of sp³-hybridized carbons (Fsp3) is 0.455. The summed E-state index contributed by atoms with van der Waals surface area (Å²) < 4.78 is 0. The number of nitrogens with zero attached hydrogens (tertiary/aromatic N) is 1. The van der Waals surface area contributed by atoms with Gasteiger partial charge in [0.1, 0.15) is 0 Å². The molecule has 0 bridgehead atoms. The molecule has 15 heavy (non-hydrogen) atoms. The highest BCUT2D eigenvalue weighted by atomic mass is 16.6. The summed E-state index contributed by atoms with van der Waals surface area (Å²) in [5.74, 6) is 0. The van der Waals surface area contributed by atoms with E-state index in [2.05, 4.69) is 0 Å². The zero-order chi connectivity index (χ0) is 12.4. The highest BCUT2D eigenvalue weighted by Crippen LogP contribution is 2.19. The lowest BCUT2D eigenvalue weighted by Gasteiger charge is -1.96. The third-order valence-corrected chi connectivity index (χ3v) is 1.42. The van der Waals surface area contributed by atoms with Crippen molar-refractivity contribution in [3.63, 3.8) is 0 Å². The van der Waals surface area contributed by atoms with E-state index in [0.717, 1.165) is 0 Å². The molecule has 0 fully saturated rings. The summed E-state index contributed by atoms with van der Waals surface area (Å²) in [5.41, 5.74) is 6.66. The number of nitrogens with two attached hydrogens (primary N) is 1. The average Bonchev–Trinajstić information content (AvgIpc) is 2.23. The SMILES string of the molecule is CC.CC.Cc1cc(N)ccc1[N+](=O)[O-]. The van der Waals surface area contributed by atoms with Crippen LogP contribution in [0.3, 0.4) is 0 Å². The predicted octanol–water partition coefficient (Wildman–Crippen LogP) is 3.54. The number of nitro benzene ring substituents is 1. The van der Waals surface area contributed by atoms with Crippen LogP contribution in [-0.4, -0.2) is 4.92 Å². The molecule has 0 saturated carbocycles. The summed E-state index contributed by atoms with van der Waals surface area (Å²) in [4.78, 5) is 9.88. The number of nitro groups is 1. The Hall–Kier alpha value is -1.58. The van der Waals surface area contributed by atoms with Crippen molar-refractivity contribution in [2.24, 2.45) is 0 Å². The van der Waals surface area contributed by atoms with Gasteiger partial charge in [0.2, 0.25) is 0 Å². The highest BCUT2D eigenvalue weighted by Gasteiger charge is 2.08. The molecule has 0 radical (unpaired) electrons. The maximum Gasteiger partial charge on any atom is 0.272 e. The van der Waals surface area contributed by atoms with E-state index in [4.69, 9.17) is 5.73 Å². The smallest absolute Gasteiger partial charge is 0.272 e. The van der Waals surface area contributed by atoms with E-state index in [1.165, 1.54) is 12.1 Å². The Bertz CT molecular complexity index is 299. The molecule has 2 N–H and O–H groups in total. The zero-order valence-electron chi connectivity index (χ0n) is 10.1. The van der Waals surface area contributed by atoms with Gasteiger partial charge in [0.25, 0.3) is 5.69 Å². The molecule has 0 aromatic heterocycles. The van der Waals surface area contributed by atoms with Gasteiger partial charge in [-0.1, -0.05) is 27.7 Å². The Labute approximate surface area is 91.3 Å². The second-order valence-electron chi connectivity index (χ2n) is 2.30. The summed E-state index contributed by atoms with van der Waals surface area (Å²) in [5, 5.41) is 10.3. The highest BCUT2D eigenvalue weighted by molar-refractivity contribution is 5.50. The summed E-state index contributed by atoms with van der Waals surface area (Å²) in [7, 11) is 0. The Kier molecular flexibility index (Phi) is 9.52. The molecule has 1 aromatic rings. The fourth-order valence-electron chi connectivity index (χ4n) is 0.884. The summed E-state index contributed by atoms with van der Waals surface area (Å²) >= 11 is 0.